The summed E-state index contributed by atoms with van der Waals surface area (Å²) in [5.41, 5.74) is 2.49. The largest absolute Gasteiger partial charge is 0.383 e. The highest BCUT2D eigenvalue weighted by molar-refractivity contribution is 5.90. The first-order valence-electron chi connectivity index (χ1n) is 8.72. The van der Waals surface area contributed by atoms with E-state index in [0.717, 1.165) is 24.9 Å². The summed E-state index contributed by atoms with van der Waals surface area (Å²) in [6.07, 6.45) is 4.43. The smallest absolute Gasteiger partial charge is 0.169 e. The number of fused-ring (bicyclic) bond motifs is 1. The lowest BCUT2D eigenvalue weighted by atomic mass is 10.0. The molecule has 3 rings (SSSR count). The van der Waals surface area contributed by atoms with E-state index >= 15 is 0 Å². The van der Waals surface area contributed by atoms with Crippen LogP contribution in [0.4, 0.5) is 17.3 Å². The topological polar surface area (TPSA) is 111 Å². The average Bonchev–Trinajstić information content (AvgIpc) is 2.72. The number of hydrogen-bond acceptors (Lipinski definition) is 8. The molecule has 0 bridgehead atoms. The maximum Gasteiger partial charge on any atom is 0.169 e. The van der Waals surface area contributed by atoms with Crippen molar-refractivity contribution in [2.45, 2.75) is 12.8 Å². The summed E-state index contributed by atoms with van der Waals surface area (Å²) < 4.78 is 0. The van der Waals surface area contributed by atoms with Crippen LogP contribution in [0, 0.1) is 11.3 Å². The van der Waals surface area contributed by atoms with E-state index < -0.39 is 0 Å². The fraction of sp³-hybridized carbons (Fsp3) is 0.316. The quantitative estimate of drug-likeness (QED) is 0.564. The Morgan fingerprint density at radius 1 is 1.30 bits per heavy atom. The molecule has 0 amide bonds. The molecule has 138 valence electrons. The van der Waals surface area contributed by atoms with E-state index in [1.165, 1.54) is 6.20 Å². The molecule has 1 aliphatic heterocycles. The SMILES string of the molecule is CNCCNc1cc(N2CCCc3cc(C=O)c(C=O)nc32)ncc1C#N. The van der Waals surface area contributed by atoms with Gasteiger partial charge in [0, 0.05) is 37.5 Å². The Hall–Kier alpha value is -3.31. The van der Waals surface area contributed by atoms with Crippen LogP contribution in [-0.2, 0) is 6.42 Å². The Morgan fingerprint density at radius 3 is 2.85 bits per heavy atom. The van der Waals surface area contributed by atoms with Crippen LogP contribution in [0.15, 0.2) is 18.3 Å². The standard InChI is InChI=1S/C19H20N6O2/c1-21-4-5-22-16-8-18(23-10-15(16)9-20)25-6-2-3-13-7-14(11-26)17(12-27)24-19(13)25/h7-8,10-12,21H,2-6H2,1H3,(H,22,23). The lowest BCUT2D eigenvalue weighted by molar-refractivity contribution is 0.109. The number of nitriles is 1. The molecule has 27 heavy (non-hydrogen) atoms. The van der Waals surface area contributed by atoms with E-state index in [1.54, 1.807) is 6.07 Å². The van der Waals surface area contributed by atoms with Crippen molar-refractivity contribution in [3.63, 3.8) is 0 Å². The molecule has 0 saturated carbocycles. The first kappa shape index (κ1) is 18.5. The molecule has 0 aliphatic carbocycles. The van der Waals surface area contributed by atoms with Crippen LogP contribution >= 0.6 is 0 Å². The number of pyridine rings is 2. The Labute approximate surface area is 157 Å². The zero-order valence-electron chi connectivity index (χ0n) is 15.0. The van der Waals surface area contributed by atoms with Crippen LogP contribution in [0.2, 0.25) is 0 Å². The highest BCUT2D eigenvalue weighted by atomic mass is 16.1. The van der Waals surface area contributed by atoms with Gasteiger partial charge < -0.3 is 15.5 Å². The van der Waals surface area contributed by atoms with E-state index in [1.807, 2.05) is 18.0 Å². The van der Waals surface area contributed by atoms with Crippen LogP contribution in [0.5, 0.6) is 0 Å². The number of carbonyl (C=O) groups excluding carboxylic acids is 2. The van der Waals surface area contributed by atoms with E-state index in [4.69, 9.17) is 0 Å². The Balaban J connectivity index is 2.01. The maximum absolute atomic E-state index is 11.3. The number of aldehydes is 2. The molecule has 0 atom stereocenters. The molecule has 0 spiro atoms. The van der Waals surface area contributed by atoms with Crippen LogP contribution < -0.4 is 15.5 Å². The highest BCUT2D eigenvalue weighted by Gasteiger charge is 2.23. The van der Waals surface area contributed by atoms with Crippen molar-refractivity contribution in [2.24, 2.45) is 0 Å². The zero-order valence-corrected chi connectivity index (χ0v) is 15.0. The second-order valence-corrected chi connectivity index (χ2v) is 6.17. The molecule has 0 fully saturated rings. The zero-order chi connectivity index (χ0) is 19.2. The number of likely N-dealkylation sites (N-methyl/N-ethyl adjacent to an activating group) is 1. The van der Waals surface area contributed by atoms with Gasteiger partial charge in [0.05, 0.1) is 11.3 Å². The number of hydrogen-bond donors (Lipinski definition) is 2. The summed E-state index contributed by atoms with van der Waals surface area (Å²) in [5, 5.41) is 15.6. The van der Waals surface area contributed by atoms with Crippen LogP contribution in [0.25, 0.3) is 0 Å². The monoisotopic (exact) mass is 364 g/mol. The third kappa shape index (κ3) is 3.78. The van der Waals surface area contributed by atoms with Gasteiger partial charge in [-0.05, 0) is 31.5 Å². The van der Waals surface area contributed by atoms with Crippen molar-refractivity contribution < 1.29 is 9.59 Å². The molecule has 8 nitrogen and oxygen atoms in total. The van der Waals surface area contributed by atoms with Gasteiger partial charge in [-0.2, -0.15) is 5.26 Å². The van der Waals surface area contributed by atoms with Gasteiger partial charge in [0.1, 0.15) is 23.4 Å². The van der Waals surface area contributed by atoms with Gasteiger partial charge in [0.2, 0.25) is 0 Å². The van der Waals surface area contributed by atoms with E-state index in [-0.39, 0.29) is 5.69 Å². The summed E-state index contributed by atoms with van der Waals surface area (Å²) in [4.78, 5) is 33.2. The van der Waals surface area contributed by atoms with Gasteiger partial charge in [-0.15, -0.1) is 0 Å². The molecule has 1 aliphatic rings. The van der Waals surface area contributed by atoms with Crippen molar-refractivity contribution in [3.8, 4) is 6.07 Å². The van der Waals surface area contributed by atoms with Gasteiger partial charge in [0.15, 0.2) is 12.6 Å². The molecule has 2 N–H and O–H groups in total. The molecule has 0 aromatic carbocycles. The molecule has 0 saturated heterocycles. The average molecular weight is 364 g/mol. The minimum Gasteiger partial charge on any atom is -0.383 e. The summed E-state index contributed by atoms with van der Waals surface area (Å²) in [5.74, 6) is 1.28. The maximum atomic E-state index is 11.3. The van der Waals surface area contributed by atoms with Crippen LogP contribution in [0.1, 0.15) is 38.4 Å². The Morgan fingerprint density at radius 2 is 2.15 bits per heavy atom. The molecule has 0 radical (unpaired) electrons. The molecule has 8 heteroatoms. The first-order valence-corrected chi connectivity index (χ1v) is 8.72. The van der Waals surface area contributed by atoms with Gasteiger partial charge >= 0.3 is 0 Å². The van der Waals surface area contributed by atoms with Crippen molar-refractivity contribution >= 4 is 29.9 Å². The molecule has 3 heterocycles. The van der Waals surface area contributed by atoms with Crippen molar-refractivity contribution in [1.29, 1.82) is 5.26 Å². The fourth-order valence-electron chi connectivity index (χ4n) is 3.09. The normalized spacial score (nSPS) is 12.8. The number of nitrogens with zero attached hydrogens (tertiary/aromatic N) is 4. The lowest BCUT2D eigenvalue weighted by Gasteiger charge is -2.30. The third-order valence-electron chi connectivity index (χ3n) is 4.44. The van der Waals surface area contributed by atoms with Gasteiger partial charge in [0.25, 0.3) is 0 Å². The van der Waals surface area contributed by atoms with Crippen LogP contribution in [-0.4, -0.2) is 49.2 Å². The predicted octanol–water partition coefficient (Wildman–Crippen LogP) is 1.69. The summed E-state index contributed by atoms with van der Waals surface area (Å²) in [6, 6.07) is 5.68. The highest BCUT2D eigenvalue weighted by Crippen LogP contribution is 2.33. The number of aryl methyl sites for hydroxylation is 1. The van der Waals surface area contributed by atoms with Gasteiger partial charge in [-0.1, -0.05) is 0 Å². The van der Waals surface area contributed by atoms with E-state index in [0.29, 0.717) is 54.1 Å². The molecule has 2 aromatic rings. The first-order chi connectivity index (χ1) is 13.2. The second kappa shape index (κ2) is 8.38. The van der Waals surface area contributed by atoms with Crippen molar-refractivity contribution in [2.75, 3.05) is 36.9 Å². The summed E-state index contributed by atoms with van der Waals surface area (Å²) in [6.45, 7) is 2.11. The molecule has 2 aromatic heterocycles. The number of rotatable bonds is 7. The van der Waals surface area contributed by atoms with Gasteiger partial charge in [-0.3, -0.25) is 9.59 Å². The van der Waals surface area contributed by atoms with Gasteiger partial charge in [-0.25, -0.2) is 9.97 Å². The number of nitrogens with one attached hydrogen (secondary N) is 2. The molecular weight excluding hydrogens is 344 g/mol. The van der Waals surface area contributed by atoms with E-state index in [9.17, 15) is 14.9 Å². The molecule has 0 unspecified atom stereocenters. The second-order valence-electron chi connectivity index (χ2n) is 6.17. The Bertz CT molecular complexity index is 906. The van der Waals surface area contributed by atoms with Crippen molar-refractivity contribution in [3.05, 3.63) is 40.7 Å². The van der Waals surface area contributed by atoms with Crippen LogP contribution in [0.3, 0.4) is 0 Å². The summed E-state index contributed by atoms with van der Waals surface area (Å²) >= 11 is 0. The predicted molar refractivity (Wildman–Crippen MR) is 102 cm³/mol. The lowest BCUT2D eigenvalue weighted by Crippen LogP contribution is -2.27. The fourth-order valence-corrected chi connectivity index (χ4v) is 3.09. The number of carbonyl (C=O) groups is 2. The Kier molecular flexibility index (Phi) is 5.74. The third-order valence-corrected chi connectivity index (χ3v) is 4.44. The number of aromatic nitrogens is 2. The summed E-state index contributed by atoms with van der Waals surface area (Å²) in [7, 11) is 1.86. The minimum atomic E-state index is 0.122. The van der Waals surface area contributed by atoms with Crippen molar-refractivity contribution in [1.82, 2.24) is 15.3 Å². The van der Waals surface area contributed by atoms with E-state index in [2.05, 4.69) is 26.7 Å². The minimum absolute atomic E-state index is 0.122. The molecular formula is C19H20N6O2. The number of anilines is 3.